The molecule has 0 saturated heterocycles. The van der Waals surface area contributed by atoms with Crippen molar-refractivity contribution in [2.75, 3.05) is 10.8 Å². The second kappa shape index (κ2) is 7.73. The number of benzene rings is 1. The second-order valence-electron chi connectivity index (χ2n) is 5.98. The van der Waals surface area contributed by atoms with Crippen LogP contribution >= 0.6 is 57.6 Å². The molecule has 152 valence electrons. The largest absolute Gasteiger partial charge is 0.477 e. The second-order valence-corrected chi connectivity index (χ2v) is 11.9. The van der Waals surface area contributed by atoms with E-state index in [0.717, 1.165) is 8.91 Å². The number of hydrogen-bond donors (Lipinski definition) is 2. The lowest BCUT2D eigenvalue weighted by molar-refractivity contribution is -0.657. The summed E-state index contributed by atoms with van der Waals surface area (Å²) in [5.74, 6) is -1.66. The highest BCUT2D eigenvalue weighted by atomic mass is 35.5. The van der Waals surface area contributed by atoms with Gasteiger partial charge in [0.15, 0.2) is 9.89 Å². The van der Waals surface area contributed by atoms with E-state index in [4.69, 9.17) is 23.2 Å². The number of carbonyl (C=O) groups is 1. The van der Waals surface area contributed by atoms with E-state index in [-0.39, 0.29) is 6.54 Å². The van der Waals surface area contributed by atoms with Crippen molar-refractivity contribution < 1.29 is 27.4 Å². The number of aliphatic carboxylic acids is 1. The zero-order valence-electron chi connectivity index (χ0n) is 14.2. The summed E-state index contributed by atoms with van der Waals surface area (Å²) in [5.41, 5.74) is 1.25. The Morgan fingerprint density at radius 2 is 2.00 bits per heavy atom. The number of hydrogen-bond acceptors (Lipinski definition) is 7. The van der Waals surface area contributed by atoms with Crippen LogP contribution in [0.4, 0.5) is 5.69 Å². The highest BCUT2D eigenvalue weighted by Gasteiger charge is 2.31. The molecule has 0 amide bonds. The fraction of sp³-hybridized carbons (Fsp3) is 0.125. The summed E-state index contributed by atoms with van der Waals surface area (Å²) in [7, 11) is -4.32. The van der Waals surface area contributed by atoms with Gasteiger partial charge in [0.05, 0.1) is 16.8 Å². The minimum Gasteiger partial charge on any atom is -0.477 e. The van der Waals surface area contributed by atoms with Gasteiger partial charge in [-0.15, -0.1) is 11.3 Å². The van der Waals surface area contributed by atoms with E-state index in [9.17, 15) is 22.9 Å². The molecule has 0 spiro atoms. The first kappa shape index (κ1) is 20.9. The number of thiophene rings is 1. The lowest BCUT2D eigenvalue weighted by Gasteiger charge is -2.18. The quantitative estimate of drug-likeness (QED) is 0.388. The first-order chi connectivity index (χ1) is 13.6. The molecule has 13 heteroatoms. The van der Waals surface area contributed by atoms with Gasteiger partial charge in [-0.3, -0.25) is 4.55 Å². The van der Waals surface area contributed by atoms with Crippen LogP contribution in [0.2, 0.25) is 9.36 Å². The maximum absolute atomic E-state index is 11.6. The van der Waals surface area contributed by atoms with Gasteiger partial charge < -0.3 is 10.0 Å². The number of thiazole rings is 1. The van der Waals surface area contributed by atoms with E-state index in [1.807, 2.05) is 0 Å². The number of halogens is 2. The molecule has 4 rings (SSSR count). The fourth-order valence-corrected chi connectivity index (χ4v) is 7.55. The van der Waals surface area contributed by atoms with Crippen molar-refractivity contribution >= 4 is 95.0 Å². The predicted octanol–water partition coefficient (Wildman–Crippen LogP) is 4.40. The maximum Gasteiger partial charge on any atom is 0.370 e. The zero-order chi connectivity index (χ0) is 20.9. The monoisotopic (exact) mass is 509 g/mol. The van der Waals surface area contributed by atoms with Gasteiger partial charge in [-0.1, -0.05) is 46.3 Å². The molecule has 0 unspecified atom stereocenters. The minimum absolute atomic E-state index is 0.270. The van der Waals surface area contributed by atoms with Crippen LogP contribution in [0.5, 0.6) is 0 Å². The molecule has 0 fully saturated rings. The van der Waals surface area contributed by atoms with Gasteiger partial charge in [0, 0.05) is 16.0 Å². The number of thioether (sulfide) groups is 1. The summed E-state index contributed by atoms with van der Waals surface area (Å²) in [6.45, 7) is -0.270. The maximum atomic E-state index is 11.6. The normalized spacial score (nSPS) is 15.4. The van der Waals surface area contributed by atoms with E-state index < -0.39 is 22.0 Å². The lowest BCUT2D eigenvalue weighted by Crippen LogP contribution is -2.39. The molecule has 0 saturated carbocycles. The van der Waals surface area contributed by atoms with Gasteiger partial charge in [0.2, 0.25) is 12.1 Å². The Hall–Kier alpha value is -1.34. The van der Waals surface area contributed by atoms with Crippen molar-refractivity contribution in [3.63, 3.8) is 0 Å². The lowest BCUT2D eigenvalue weighted by atomic mass is 10.3. The van der Waals surface area contributed by atoms with Crippen LogP contribution in [-0.4, -0.2) is 29.9 Å². The summed E-state index contributed by atoms with van der Waals surface area (Å²) in [4.78, 5) is 13.6. The fourth-order valence-electron chi connectivity index (χ4n) is 2.86. The molecule has 0 atom stereocenters. The van der Waals surface area contributed by atoms with Gasteiger partial charge in [-0.2, -0.15) is 13.0 Å². The van der Waals surface area contributed by atoms with E-state index in [1.165, 1.54) is 39.3 Å². The number of fused-ring (bicyclic) bond motifs is 2. The number of carboxylic acids is 1. The van der Waals surface area contributed by atoms with Crippen molar-refractivity contribution in [3.05, 3.63) is 43.7 Å². The SMILES string of the molecule is O=C(O)C[n+]1c(/C=C2\Sc3ccc(Cl)cc3N2CS(=O)(=O)O)sc2sc(Cl)cc21. The Balaban J connectivity index is 1.84. The number of aromatic nitrogens is 1. The third kappa shape index (κ3) is 4.41. The molecule has 3 heterocycles. The van der Waals surface area contributed by atoms with Gasteiger partial charge in [0.1, 0.15) is 4.34 Å². The molecule has 7 nitrogen and oxygen atoms in total. The summed E-state index contributed by atoms with van der Waals surface area (Å²) in [6.07, 6.45) is 1.71. The van der Waals surface area contributed by atoms with Crippen molar-refractivity contribution in [1.82, 2.24) is 0 Å². The molecule has 1 aromatic carbocycles. The Kier molecular flexibility index (Phi) is 5.57. The van der Waals surface area contributed by atoms with Gasteiger partial charge in [-0.05, 0) is 18.2 Å². The molecule has 1 aliphatic rings. The summed E-state index contributed by atoms with van der Waals surface area (Å²) >= 11 is 16.1. The third-order valence-corrected chi connectivity index (χ3v) is 8.35. The average Bonchev–Trinajstić information content (AvgIpc) is 3.20. The molecular weight excluding hydrogens is 499 g/mol. The molecule has 0 bridgehead atoms. The average molecular weight is 510 g/mol. The van der Waals surface area contributed by atoms with Crippen molar-refractivity contribution in [2.24, 2.45) is 0 Å². The molecule has 0 radical (unpaired) electrons. The highest BCUT2D eigenvalue weighted by Crippen LogP contribution is 2.48. The van der Waals surface area contributed by atoms with E-state index in [1.54, 1.807) is 34.9 Å². The number of rotatable bonds is 5. The van der Waals surface area contributed by atoms with Gasteiger partial charge in [0.25, 0.3) is 15.1 Å². The van der Waals surface area contributed by atoms with Crippen molar-refractivity contribution in [1.29, 1.82) is 0 Å². The van der Waals surface area contributed by atoms with Crippen LogP contribution in [0.25, 0.3) is 15.6 Å². The van der Waals surface area contributed by atoms with E-state index in [2.05, 4.69) is 0 Å². The molecule has 2 aromatic heterocycles. The van der Waals surface area contributed by atoms with Crippen LogP contribution < -0.4 is 9.47 Å². The molecule has 2 N–H and O–H groups in total. The Morgan fingerprint density at radius 3 is 2.69 bits per heavy atom. The van der Waals surface area contributed by atoms with Crippen molar-refractivity contribution in [2.45, 2.75) is 11.4 Å². The van der Waals surface area contributed by atoms with Crippen LogP contribution in [0.3, 0.4) is 0 Å². The van der Waals surface area contributed by atoms with Gasteiger partial charge in [-0.25, -0.2) is 4.79 Å². The first-order valence-electron chi connectivity index (χ1n) is 7.86. The first-order valence-corrected chi connectivity index (χ1v) is 12.7. The Bertz CT molecular complexity index is 1280. The van der Waals surface area contributed by atoms with E-state index >= 15 is 0 Å². The molecule has 29 heavy (non-hydrogen) atoms. The summed E-state index contributed by atoms with van der Waals surface area (Å²) < 4.78 is 35.6. The topological polar surface area (TPSA) is 98.8 Å². The molecule has 1 aliphatic heterocycles. The number of carboxylic acid groups (broad SMARTS) is 1. The minimum atomic E-state index is -4.32. The summed E-state index contributed by atoms with van der Waals surface area (Å²) in [6, 6.07) is 6.77. The number of nitrogens with zero attached hydrogens (tertiary/aromatic N) is 2. The standard InChI is InChI=1S/C16H10Cl2N2O5S4/c17-8-1-2-11-9(3-8)20(7-29(23,24)25)14(26-11)5-13-19(6-15(21)22)10-4-12(18)27-16(10)28-13/h1-5H,6-7H2,(H-,21,22,23,24,25)/p+1. The Labute approximate surface area is 187 Å². The van der Waals surface area contributed by atoms with Crippen LogP contribution in [0.15, 0.2) is 34.2 Å². The smallest absolute Gasteiger partial charge is 0.370 e. The third-order valence-electron chi connectivity index (χ3n) is 3.93. The van der Waals surface area contributed by atoms with Crippen molar-refractivity contribution in [3.8, 4) is 0 Å². The highest BCUT2D eigenvalue weighted by molar-refractivity contribution is 8.04. The van der Waals surface area contributed by atoms with E-state index in [0.29, 0.717) is 30.6 Å². The summed E-state index contributed by atoms with van der Waals surface area (Å²) in [5, 5.41) is 10.9. The van der Waals surface area contributed by atoms with Gasteiger partial charge >= 0.3 is 5.97 Å². The number of anilines is 1. The molecular formula is C16H11Cl2N2O5S4+. The zero-order valence-corrected chi connectivity index (χ0v) is 19.0. The molecule has 3 aromatic rings. The molecule has 0 aliphatic carbocycles. The van der Waals surface area contributed by atoms with Crippen LogP contribution in [0.1, 0.15) is 5.01 Å². The van der Waals surface area contributed by atoms with Crippen LogP contribution in [-0.2, 0) is 21.5 Å². The predicted molar refractivity (Wildman–Crippen MR) is 117 cm³/mol. The Morgan fingerprint density at radius 1 is 1.24 bits per heavy atom. The van der Waals surface area contributed by atoms with Crippen LogP contribution in [0, 0.1) is 0 Å².